The van der Waals surface area contributed by atoms with Crippen molar-refractivity contribution in [3.05, 3.63) is 30.4 Å². The second-order valence-electron chi connectivity index (χ2n) is 5.09. The van der Waals surface area contributed by atoms with E-state index < -0.39 is 0 Å². The molecule has 7 nitrogen and oxygen atoms in total. The third kappa shape index (κ3) is 2.93. The molecule has 1 N–H and O–H groups in total. The zero-order chi connectivity index (χ0) is 13.8. The number of hydrogen-bond acceptors (Lipinski definition) is 6. The maximum absolute atomic E-state index is 9.01. The molecular weight excluding hydrogens is 256 g/mol. The van der Waals surface area contributed by atoms with Crippen LogP contribution in [0.3, 0.4) is 0 Å². The van der Waals surface area contributed by atoms with Gasteiger partial charge in [-0.15, -0.1) is 5.10 Å². The summed E-state index contributed by atoms with van der Waals surface area (Å²) in [5.74, 6) is 1.30. The fourth-order valence-electron chi connectivity index (χ4n) is 2.62. The standard InChI is InChI=1S/C13H18N6O/c20-10-12-9-19(17-16-12)8-11-3-1-6-18(7-11)13-14-4-2-5-15-13/h2,4-5,9,11,20H,1,3,6-8,10H2/t11-/m1/s1. The van der Waals surface area contributed by atoms with Crippen LogP contribution in [-0.2, 0) is 13.2 Å². The lowest BCUT2D eigenvalue weighted by molar-refractivity contribution is 0.276. The molecule has 1 aliphatic heterocycles. The average molecular weight is 274 g/mol. The molecule has 7 heteroatoms. The lowest BCUT2D eigenvalue weighted by Crippen LogP contribution is -2.38. The van der Waals surface area contributed by atoms with Crippen molar-refractivity contribution >= 4 is 5.95 Å². The molecule has 2 aromatic rings. The first-order valence-electron chi connectivity index (χ1n) is 6.87. The first kappa shape index (κ1) is 13.0. The van der Waals surface area contributed by atoms with Gasteiger partial charge in [-0.1, -0.05) is 5.21 Å². The van der Waals surface area contributed by atoms with Crippen LogP contribution in [0.15, 0.2) is 24.7 Å². The van der Waals surface area contributed by atoms with Gasteiger partial charge in [-0.25, -0.2) is 9.97 Å². The van der Waals surface area contributed by atoms with Crippen LogP contribution < -0.4 is 4.90 Å². The van der Waals surface area contributed by atoms with Gasteiger partial charge in [0.2, 0.25) is 5.95 Å². The normalized spacial score (nSPS) is 19.2. The van der Waals surface area contributed by atoms with Gasteiger partial charge in [0.05, 0.1) is 12.8 Å². The number of rotatable bonds is 4. The largest absolute Gasteiger partial charge is 0.390 e. The summed E-state index contributed by atoms with van der Waals surface area (Å²) < 4.78 is 1.81. The molecule has 3 rings (SSSR count). The van der Waals surface area contributed by atoms with E-state index in [1.54, 1.807) is 18.6 Å². The molecule has 0 radical (unpaired) electrons. The molecule has 20 heavy (non-hydrogen) atoms. The molecule has 2 aromatic heterocycles. The fourth-order valence-corrected chi connectivity index (χ4v) is 2.62. The Morgan fingerprint density at radius 2 is 2.15 bits per heavy atom. The van der Waals surface area contributed by atoms with E-state index in [1.807, 2.05) is 10.7 Å². The molecule has 0 aromatic carbocycles. The van der Waals surface area contributed by atoms with E-state index in [2.05, 4.69) is 25.2 Å². The molecule has 3 heterocycles. The van der Waals surface area contributed by atoms with Crippen molar-refractivity contribution < 1.29 is 5.11 Å². The number of nitrogens with zero attached hydrogens (tertiary/aromatic N) is 6. The highest BCUT2D eigenvalue weighted by Crippen LogP contribution is 2.21. The first-order valence-corrected chi connectivity index (χ1v) is 6.87. The maximum Gasteiger partial charge on any atom is 0.225 e. The summed E-state index contributed by atoms with van der Waals surface area (Å²) in [7, 11) is 0. The number of aliphatic hydroxyl groups is 1. The molecule has 0 bridgehead atoms. The second kappa shape index (κ2) is 5.96. The highest BCUT2D eigenvalue weighted by molar-refractivity contribution is 5.29. The first-order chi connectivity index (χ1) is 9.85. The minimum absolute atomic E-state index is 0.0609. The summed E-state index contributed by atoms with van der Waals surface area (Å²) in [5, 5.41) is 16.9. The minimum atomic E-state index is -0.0609. The van der Waals surface area contributed by atoms with Crippen molar-refractivity contribution in [3.63, 3.8) is 0 Å². The van der Waals surface area contributed by atoms with Crippen molar-refractivity contribution in [2.45, 2.75) is 26.0 Å². The van der Waals surface area contributed by atoms with Gasteiger partial charge in [0.1, 0.15) is 5.69 Å². The van der Waals surface area contributed by atoms with Gasteiger partial charge in [0, 0.05) is 32.0 Å². The zero-order valence-corrected chi connectivity index (χ0v) is 11.3. The second-order valence-corrected chi connectivity index (χ2v) is 5.09. The minimum Gasteiger partial charge on any atom is -0.390 e. The SMILES string of the molecule is OCc1cn(C[C@@H]2CCCN(c3ncccn3)C2)nn1. The maximum atomic E-state index is 9.01. The zero-order valence-electron chi connectivity index (χ0n) is 11.3. The highest BCUT2D eigenvalue weighted by atomic mass is 16.3. The van der Waals surface area contributed by atoms with Crippen molar-refractivity contribution in [3.8, 4) is 0 Å². The van der Waals surface area contributed by atoms with Gasteiger partial charge in [-0.3, -0.25) is 4.68 Å². The van der Waals surface area contributed by atoms with Crippen molar-refractivity contribution in [1.82, 2.24) is 25.0 Å². The molecule has 0 unspecified atom stereocenters. The number of aliphatic hydroxyl groups excluding tert-OH is 1. The smallest absolute Gasteiger partial charge is 0.225 e. The Morgan fingerprint density at radius 1 is 1.30 bits per heavy atom. The van der Waals surface area contributed by atoms with Crippen molar-refractivity contribution in [1.29, 1.82) is 0 Å². The summed E-state index contributed by atoms with van der Waals surface area (Å²) in [6.45, 7) is 2.68. The van der Waals surface area contributed by atoms with Gasteiger partial charge in [-0.2, -0.15) is 0 Å². The Kier molecular flexibility index (Phi) is 3.87. The molecule has 0 spiro atoms. The summed E-state index contributed by atoms with van der Waals surface area (Å²) in [6, 6.07) is 1.83. The van der Waals surface area contributed by atoms with Crippen LogP contribution in [0.4, 0.5) is 5.95 Å². The van der Waals surface area contributed by atoms with Crippen LogP contribution in [0.2, 0.25) is 0 Å². The molecule has 1 fully saturated rings. The molecular formula is C13H18N6O. The molecule has 0 saturated carbocycles. The van der Waals surface area contributed by atoms with Crippen LogP contribution in [0.1, 0.15) is 18.5 Å². The average Bonchev–Trinajstić information content (AvgIpc) is 2.96. The van der Waals surface area contributed by atoms with Crippen molar-refractivity contribution in [2.24, 2.45) is 5.92 Å². The molecule has 106 valence electrons. The predicted octanol–water partition coefficient (Wildman–Crippen LogP) is 0.477. The molecule has 1 saturated heterocycles. The summed E-state index contributed by atoms with van der Waals surface area (Å²) in [6.07, 6.45) is 7.65. The van der Waals surface area contributed by atoms with Gasteiger partial charge in [-0.05, 0) is 24.8 Å². The Balaban J connectivity index is 1.63. The van der Waals surface area contributed by atoms with Crippen LogP contribution in [0.5, 0.6) is 0 Å². The topological polar surface area (TPSA) is 80.0 Å². The van der Waals surface area contributed by atoms with E-state index in [4.69, 9.17) is 5.11 Å². The van der Waals surface area contributed by atoms with Crippen molar-refractivity contribution in [2.75, 3.05) is 18.0 Å². The van der Waals surface area contributed by atoms with Gasteiger partial charge < -0.3 is 10.0 Å². The third-order valence-electron chi connectivity index (χ3n) is 3.55. The molecule has 1 atom stereocenters. The van der Waals surface area contributed by atoms with E-state index in [0.717, 1.165) is 38.4 Å². The molecule has 0 aliphatic carbocycles. The molecule has 0 amide bonds. The van der Waals surface area contributed by atoms with Gasteiger partial charge >= 0.3 is 0 Å². The van der Waals surface area contributed by atoms with Crippen LogP contribution in [0, 0.1) is 5.92 Å². The third-order valence-corrected chi connectivity index (χ3v) is 3.55. The monoisotopic (exact) mass is 274 g/mol. The van der Waals surface area contributed by atoms with E-state index in [9.17, 15) is 0 Å². The fraction of sp³-hybridized carbons (Fsp3) is 0.538. The Morgan fingerprint density at radius 3 is 2.90 bits per heavy atom. The number of anilines is 1. The van der Waals surface area contributed by atoms with Crippen LogP contribution >= 0.6 is 0 Å². The van der Waals surface area contributed by atoms with Gasteiger partial charge in [0.25, 0.3) is 0 Å². The Bertz CT molecular complexity index is 543. The van der Waals surface area contributed by atoms with E-state index >= 15 is 0 Å². The summed E-state index contributed by atoms with van der Waals surface area (Å²) in [4.78, 5) is 10.8. The predicted molar refractivity (Wildman–Crippen MR) is 72.9 cm³/mol. The van der Waals surface area contributed by atoms with E-state index in [1.165, 1.54) is 0 Å². The van der Waals surface area contributed by atoms with Gasteiger partial charge in [0.15, 0.2) is 0 Å². The molecule has 1 aliphatic rings. The van der Waals surface area contributed by atoms with Crippen LogP contribution in [0.25, 0.3) is 0 Å². The highest BCUT2D eigenvalue weighted by Gasteiger charge is 2.22. The lowest BCUT2D eigenvalue weighted by Gasteiger charge is -2.32. The summed E-state index contributed by atoms with van der Waals surface area (Å²) in [5.41, 5.74) is 0.615. The summed E-state index contributed by atoms with van der Waals surface area (Å²) >= 11 is 0. The Labute approximate surface area is 117 Å². The van der Waals surface area contributed by atoms with Crippen LogP contribution in [-0.4, -0.2) is 43.2 Å². The number of hydrogen-bond donors (Lipinski definition) is 1. The Hall–Kier alpha value is -2.02. The number of aromatic nitrogens is 5. The number of piperidine rings is 1. The quantitative estimate of drug-likeness (QED) is 0.873. The van der Waals surface area contributed by atoms with E-state index in [0.29, 0.717) is 11.6 Å². The lowest BCUT2D eigenvalue weighted by atomic mass is 9.98. The van der Waals surface area contributed by atoms with E-state index in [-0.39, 0.29) is 6.61 Å².